The van der Waals surface area contributed by atoms with Crippen molar-refractivity contribution in [3.63, 3.8) is 0 Å². The molecule has 0 unspecified atom stereocenters. The lowest BCUT2D eigenvalue weighted by Gasteiger charge is -2.07. The average Bonchev–Trinajstić information content (AvgIpc) is 2.26. The molecule has 16 heavy (non-hydrogen) atoms. The Morgan fingerprint density at radius 3 is 2.25 bits per heavy atom. The molecule has 0 radical (unpaired) electrons. The van der Waals surface area contributed by atoms with Crippen molar-refractivity contribution in [3.8, 4) is 0 Å². The fourth-order valence-electron chi connectivity index (χ4n) is 1.75. The zero-order chi connectivity index (χ0) is 11.8. The predicted molar refractivity (Wildman–Crippen MR) is 68.8 cm³/mol. The van der Waals surface area contributed by atoms with Crippen LogP contribution in [0.15, 0.2) is 46.2 Å². The molecule has 4 heteroatoms. The highest BCUT2D eigenvalue weighted by Crippen LogP contribution is 2.30. The Kier molecular flexibility index (Phi) is 2.95. The Morgan fingerprint density at radius 2 is 1.62 bits per heavy atom. The molecule has 84 valence electrons. The SMILES string of the molecule is CSc1cccc2c(S(C)(=O)=O)cccc12. The van der Waals surface area contributed by atoms with Gasteiger partial charge in [0.05, 0.1) is 4.90 Å². The van der Waals surface area contributed by atoms with Gasteiger partial charge in [-0.05, 0) is 23.8 Å². The van der Waals surface area contributed by atoms with Crippen LogP contribution >= 0.6 is 11.8 Å². The van der Waals surface area contributed by atoms with Gasteiger partial charge in [0.15, 0.2) is 9.84 Å². The van der Waals surface area contributed by atoms with E-state index in [1.807, 2.05) is 30.5 Å². The second-order valence-electron chi connectivity index (χ2n) is 3.58. The number of fused-ring (bicyclic) bond motifs is 1. The van der Waals surface area contributed by atoms with Crippen LogP contribution in [0.1, 0.15) is 0 Å². The third kappa shape index (κ3) is 1.95. The van der Waals surface area contributed by atoms with Crippen LogP contribution in [-0.2, 0) is 9.84 Å². The van der Waals surface area contributed by atoms with E-state index in [0.717, 1.165) is 15.7 Å². The molecule has 0 bridgehead atoms. The third-order valence-corrected chi connectivity index (χ3v) is 4.41. The smallest absolute Gasteiger partial charge is 0.176 e. The largest absolute Gasteiger partial charge is 0.224 e. The quantitative estimate of drug-likeness (QED) is 0.771. The molecule has 0 aliphatic rings. The lowest BCUT2D eigenvalue weighted by molar-refractivity contribution is 0.602. The lowest BCUT2D eigenvalue weighted by Crippen LogP contribution is -1.98. The standard InChI is InChI=1S/C12H12O2S2/c1-15-11-7-3-6-10-9(11)5-4-8-12(10)16(2,13)14/h3-8H,1-2H3. The van der Waals surface area contributed by atoms with Crippen LogP contribution in [0, 0.1) is 0 Å². The Balaban J connectivity index is 2.90. The van der Waals surface area contributed by atoms with E-state index in [4.69, 9.17) is 0 Å². The van der Waals surface area contributed by atoms with E-state index in [9.17, 15) is 8.42 Å². The van der Waals surface area contributed by atoms with E-state index in [1.165, 1.54) is 6.26 Å². The molecule has 0 N–H and O–H groups in total. The van der Waals surface area contributed by atoms with Crippen LogP contribution in [0.25, 0.3) is 10.8 Å². The highest BCUT2D eigenvalue weighted by atomic mass is 32.2. The molecule has 0 aromatic heterocycles. The monoisotopic (exact) mass is 252 g/mol. The highest BCUT2D eigenvalue weighted by molar-refractivity contribution is 7.98. The summed E-state index contributed by atoms with van der Waals surface area (Å²) < 4.78 is 23.3. The van der Waals surface area contributed by atoms with E-state index >= 15 is 0 Å². The van der Waals surface area contributed by atoms with Gasteiger partial charge in [-0.15, -0.1) is 11.8 Å². The first-order valence-electron chi connectivity index (χ1n) is 4.80. The fraction of sp³-hybridized carbons (Fsp3) is 0.167. The summed E-state index contributed by atoms with van der Waals surface area (Å²) in [5.41, 5.74) is 0. The molecular formula is C12H12O2S2. The van der Waals surface area contributed by atoms with Crippen molar-refractivity contribution in [2.24, 2.45) is 0 Å². The minimum absolute atomic E-state index is 0.404. The molecule has 0 atom stereocenters. The van der Waals surface area contributed by atoms with Crippen LogP contribution in [-0.4, -0.2) is 20.9 Å². The first-order valence-corrected chi connectivity index (χ1v) is 7.91. The van der Waals surface area contributed by atoms with E-state index < -0.39 is 9.84 Å². The maximum atomic E-state index is 11.6. The summed E-state index contributed by atoms with van der Waals surface area (Å²) in [7, 11) is -3.16. The van der Waals surface area contributed by atoms with Crippen molar-refractivity contribution in [1.82, 2.24) is 0 Å². The van der Waals surface area contributed by atoms with Gasteiger partial charge in [0.1, 0.15) is 0 Å². The van der Waals surface area contributed by atoms with Gasteiger partial charge in [0.25, 0.3) is 0 Å². The van der Waals surface area contributed by atoms with E-state index in [1.54, 1.807) is 23.9 Å². The van der Waals surface area contributed by atoms with Gasteiger partial charge < -0.3 is 0 Å². The van der Waals surface area contributed by atoms with Crippen molar-refractivity contribution in [3.05, 3.63) is 36.4 Å². The zero-order valence-corrected chi connectivity index (χ0v) is 10.7. The van der Waals surface area contributed by atoms with Gasteiger partial charge in [-0.3, -0.25) is 0 Å². The molecule has 0 aliphatic heterocycles. The number of benzene rings is 2. The summed E-state index contributed by atoms with van der Waals surface area (Å²) in [4.78, 5) is 1.50. The van der Waals surface area contributed by atoms with Crippen molar-refractivity contribution >= 4 is 32.4 Å². The molecule has 0 heterocycles. The molecule has 0 saturated heterocycles. The van der Waals surface area contributed by atoms with Crippen molar-refractivity contribution in [2.75, 3.05) is 12.5 Å². The lowest BCUT2D eigenvalue weighted by atomic mass is 10.1. The molecule has 2 rings (SSSR count). The number of hydrogen-bond donors (Lipinski definition) is 0. The van der Waals surface area contributed by atoms with Gasteiger partial charge in [-0.1, -0.05) is 24.3 Å². The van der Waals surface area contributed by atoms with Crippen molar-refractivity contribution in [1.29, 1.82) is 0 Å². The maximum absolute atomic E-state index is 11.6. The van der Waals surface area contributed by atoms with Gasteiger partial charge >= 0.3 is 0 Å². The number of rotatable bonds is 2. The fourth-order valence-corrected chi connectivity index (χ4v) is 3.27. The summed E-state index contributed by atoms with van der Waals surface area (Å²) in [6, 6.07) is 11.1. The molecular weight excluding hydrogens is 240 g/mol. The number of thioether (sulfide) groups is 1. The number of hydrogen-bond acceptors (Lipinski definition) is 3. The van der Waals surface area contributed by atoms with Crippen LogP contribution in [0.3, 0.4) is 0 Å². The summed E-state index contributed by atoms with van der Waals surface area (Å²) in [5, 5.41) is 1.80. The van der Waals surface area contributed by atoms with Crippen LogP contribution < -0.4 is 0 Å². The average molecular weight is 252 g/mol. The van der Waals surface area contributed by atoms with Crippen LogP contribution in [0.2, 0.25) is 0 Å². The summed E-state index contributed by atoms with van der Waals surface area (Å²) in [6.45, 7) is 0. The molecule has 0 spiro atoms. The number of sulfone groups is 1. The minimum atomic E-state index is -3.16. The van der Waals surface area contributed by atoms with Crippen LogP contribution in [0.4, 0.5) is 0 Å². The highest BCUT2D eigenvalue weighted by Gasteiger charge is 2.12. The van der Waals surface area contributed by atoms with E-state index in [-0.39, 0.29) is 0 Å². The normalized spacial score (nSPS) is 11.9. The molecule has 0 saturated carbocycles. The molecule has 2 aromatic carbocycles. The second-order valence-corrected chi connectivity index (χ2v) is 6.42. The Morgan fingerprint density at radius 1 is 1.00 bits per heavy atom. The Bertz CT molecular complexity index is 631. The predicted octanol–water partition coefficient (Wildman–Crippen LogP) is 2.97. The molecule has 2 aromatic rings. The minimum Gasteiger partial charge on any atom is -0.224 e. The maximum Gasteiger partial charge on any atom is 0.176 e. The van der Waals surface area contributed by atoms with Gasteiger partial charge in [0.2, 0.25) is 0 Å². The molecule has 0 amide bonds. The van der Waals surface area contributed by atoms with Crippen LogP contribution in [0.5, 0.6) is 0 Å². The van der Waals surface area contributed by atoms with E-state index in [2.05, 4.69) is 0 Å². The molecule has 0 aliphatic carbocycles. The molecule has 2 nitrogen and oxygen atoms in total. The van der Waals surface area contributed by atoms with Crippen molar-refractivity contribution < 1.29 is 8.42 Å². The first kappa shape index (κ1) is 11.5. The van der Waals surface area contributed by atoms with E-state index in [0.29, 0.717) is 4.90 Å². The first-order chi connectivity index (χ1) is 7.54. The van der Waals surface area contributed by atoms with Gasteiger partial charge in [-0.2, -0.15) is 0 Å². The van der Waals surface area contributed by atoms with Crippen molar-refractivity contribution in [2.45, 2.75) is 9.79 Å². The Hall–Kier alpha value is -1.00. The summed E-state index contributed by atoms with van der Waals surface area (Å²) >= 11 is 1.62. The van der Waals surface area contributed by atoms with Gasteiger partial charge in [0, 0.05) is 16.5 Å². The topological polar surface area (TPSA) is 34.1 Å². The van der Waals surface area contributed by atoms with Gasteiger partial charge in [-0.25, -0.2) is 8.42 Å². The Labute approximate surface area is 99.6 Å². The molecule has 0 fully saturated rings. The third-order valence-electron chi connectivity index (χ3n) is 2.46. The second kappa shape index (κ2) is 4.11. The summed E-state index contributed by atoms with van der Waals surface area (Å²) in [6.07, 6.45) is 3.23. The zero-order valence-electron chi connectivity index (χ0n) is 9.10. The summed E-state index contributed by atoms with van der Waals surface area (Å²) in [5.74, 6) is 0.